The number of thiophene rings is 1. The zero-order valence-corrected chi connectivity index (χ0v) is 12.5. The lowest BCUT2D eigenvalue weighted by Crippen LogP contribution is -2.39. The van der Waals surface area contributed by atoms with Crippen LogP contribution in [0.3, 0.4) is 0 Å². The monoisotopic (exact) mass is 281 g/mol. The zero-order chi connectivity index (χ0) is 13.0. The van der Waals surface area contributed by atoms with Gasteiger partial charge in [-0.3, -0.25) is 4.90 Å². The van der Waals surface area contributed by atoms with Gasteiger partial charge in [-0.25, -0.2) is 0 Å². The summed E-state index contributed by atoms with van der Waals surface area (Å²) in [7, 11) is 0. The number of aliphatic hydroxyl groups is 1. The van der Waals surface area contributed by atoms with E-state index in [4.69, 9.17) is 5.11 Å². The van der Waals surface area contributed by atoms with Gasteiger partial charge in [-0.2, -0.15) is 11.8 Å². The second-order valence-corrected chi connectivity index (χ2v) is 7.59. The first kappa shape index (κ1) is 14.0. The van der Waals surface area contributed by atoms with E-state index >= 15 is 0 Å². The van der Waals surface area contributed by atoms with Gasteiger partial charge < -0.3 is 5.11 Å². The minimum Gasteiger partial charge on any atom is -0.384 e. The van der Waals surface area contributed by atoms with Gasteiger partial charge in [0.2, 0.25) is 0 Å². The number of thioether (sulfide) groups is 1. The summed E-state index contributed by atoms with van der Waals surface area (Å²) >= 11 is 3.85. The highest BCUT2D eigenvalue weighted by molar-refractivity contribution is 8.00. The third-order valence-electron chi connectivity index (χ3n) is 2.84. The van der Waals surface area contributed by atoms with Crippen LogP contribution in [0.25, 0.3) is 0 Å². The number of hydrogen-bond donors (Lipinski definition) is 1. The van der Waals surface area contributed by atoms with E-state index < -0.39 is 0 Å². The van der Waals surface area contributed by atoms with Crippen molar-refractivity contribution in [3.05, 3.63) is 21.9 Å². The molecule has 1 aliphatic heterocycles. The molecule has 0 aliphatic carbocycles. The Labute approximate surface area is 117 Å². The van der Waals surface area contributed by atoms with Gasteiger partial charge in [-0.15, -0.1) is 11.3 Å². The van der Waals surface area contributed by atoms with Crippen molar-refractivity contribution in [1.29, 1.82) is 0 Å². The van der Waals surface area contributed by atoms with Crippen LogP contribution >= 0.6 is 23.1 Å². The predicted octanol–water partition coefficient (Wildman–Crippen LogP) is 2.42. The number of aliphatic hydroxyl groups excluding tert-OH is 1. The highest BCUT2D eigenvalue weighted by Gasteiger charge is 2.22. The van der Waals surface area contributed by atoms with Crippen LogP contribution in [0.2, 0.25) is 0 Å². The molecule has 0 aromatic carbocycles. The molecule has 0 amide bonds. The lowest BCUT2D eigenvalue weighted by atomic mass is 10.2. The smallest absolute Gasteiger partial charge is 0.104 e. The van der Waals surface area contributed by atoms with E-state index in [-0.39, 0.29) is 6.61 Å². The van der Waals surface area contributed by atoms with Gasteiger partial charge in [0.05, 0.1) is 0 Å². The fraction of sp³-hybridized carbons (Fsp3) is 0.571. The first-order chi connectivity index (χ1) is 8.67. The highest BCUT2D eigenvalue weighted by Crippen LogP contribution is 2.26. The summed E-state index contributed by atoms with van der Waals surface area (Å²) in [5.41, 5.74) is 1.02. The van der Waals surface area contributed by atoms with Crippen molar-refractivity contribution in [3.8, 4) is 11.8 Å². The second kappa shape index (κ2) is 6.63. The van der Waals surface area contributed by atoms with Crippen molar-refractivity contribution in [1.82, 2.24) is 4.90 Å². The molecule has 2 rings (SSSR count). The molecular weight excluding hydrogens is 262 g/mol. The van der Waals surface area contributed by atoms with E-state index in [1.807, 2.05) is 0 Å². The van der Waals surface area contributed by atoms with Crippen molar-refractivity contribution in [2.45, 2.75) is 30.9 Å². The third-order valence-corrected chi connectivity index (χ3v) is 4.99. The summed E-state index contributed by atoms with van der Waals surface area (Å²) in [4.78, 5) is 3.89. The third kappa shape index (κ3) is 4.03. The van der Waals surface area contributed by atoms with E-state index in [2.05, 4.69) is 53.8 Å². The Hall–Kier alpha value is -0.470. The quantitative estimate of drug-likeness (QED) is 0.842. The van der Waals surface area contributed by atoms with Gasteiger partial charge >= 0.3 is 0 Å². The van der Waals surface area contributed by atoms with Gasteiger partial charge in [-0.05, 0) is 6.07 Å². The summed E-state index contributed by atoms with van der Waals surface area (Å²) in [6, 6.07) is 2.14. The summed E-state index contributed by atoms with van der Waals surface area (Å²) in [6.45, 7) is 7.92. The molecule has 1 N–H and O–H groups in total. The molecule has 0 bridgehead atoms. The molecule has 2 heterocycles. The minimum absolute atomic E-state index is 0.0659. The molecule has 4 heteroatoms. The fourth-order valence-corrected chi connectivity index (χ4v) is 4.55. The Morgan fingerprint density at radius 1 is 1.39 bits per heavy atom. The van der Waals surface area contributed by atoms with E-state index in [1.54, 1.807) is 11.3 Å². The van der Waals surface area contributed by atoms with Crippen LogP contribution in [0, 0.1) is 11.8 Å². The van der Waals surface area contributed by atoms with Crippen molar-refractivity contribution >= 4 is 23.1 Å². The predicted molar refractivity (Wildman–Crippen MR) is 80.1 cm³/mol. The standard InChI is InChI=1S/C14H19NOS2/c1-11-7-15(8-12(2)18-11)9-14-6-13(10-17-14)4-3-5-16/h6,10-12,16H,5,7-9H2,1-2H3. The largest absolute Gasteiger partial charge is 0.384 e. The molecule has 2 atom stereocenters. The van der Waals surface area contributed by atoms with E-state index in [0.29, 0.717) is 0 Å². The van der Waals surface area contributed by atoms with Crippen LogP contribution in [0.4, 0.5) is 0 Å². The Balaban J connectivity index is 1.94. The van der Waals surface area contributed by atoms with Crippen LogP contribution in [-0.4, -0.2) is 40.2 Å². The molecule has 1 aromatic heterocycles. The first-order valence-electron chi connectivity index (χ1n) is 6.22. The number of nitrogens with zero attached hydrogens (tertiary/aromatic N) is 1. The molecule has 0 spiro atoms. The molecule has 1 fully saturated rings. The molecule has 0 radical (unpaired) electrons. The van der Waals surface area contributed by atoms with E-state index in [0.717, 1.165) is 22.6 Å². The topological polar surface area (TPSA) is 23.5 Å². The molecule has 1 aliphatic rings. The van der Waals surface area contributed by atoms with Crippen molar-refractivity contribution < 1.29 is 5.11 Å². The Kier molecular flexibility index (Phi) is 5.13. The maximum atomic E-state index is 8.67. The zero-order valence-electron chi connectivity index (χ0n) is 10.8. The molecule has 1 saturated heterocycles. The van der Waals surface area contributed by atoms with Gasteiger partial charge in [0.25, 0.3) is 0 Å². The van der Waals surface area contributed by atoms with Gasteiger partial charge in [0, 0.05) is 46.0 Å². The molecule has 98 valence electrons. The lowest BCUT2D eigenvalue weighted by molar-refractivity contribution is 0.265. The highest BCUT2D eigenvalue weighted by atomic mass is 32.2. The fourth-order valence-electron chi connectivity index (χ4n) is 2.30. The first-order valence-corrected chi connectivity index (χ1v) is 8.04. The maximum Gasteiger partial charge on any atom is 0.104 e. The minimum atomic E-state index is -0.0659. The molecule has 0 saturated carbocycles. The molecule has 2 nitrogen and oxygen atoms in total. The average molecular weight is 281 g/mol. The molecule has 2 unspecified atom stereocenters. The van der Waals surface area contributed by atoms with Crippen LogP contribution in [0.5, 0.6) is 0 Å². The van der Waals surface area contributed by atoms with E-state index in [1.165, 1.54) is 18.0 Å². The van der Waals surface area contributed by atoms with Gasteiger partial charge in [-0.1, -0.05) is 25.7 Å². The van der Waals surface area contributed by atoms with Crippen molar-refractivity contribution in [2.75, 3.05) is 19.7 Å². The van der Waals surface area contributed by atoms with Crippen LogP contribution in [-0.2, 0) is 6.54 Å². The van der Waals surface area contributed by atoms with Crippen molar-refractivity contribution in [3.63, 3.8) is 0 Å². The normalized spacial score (nSPS) is 24.6. The molecule has 1 aromatic rings. The summed E-state index contributed by atoms with van der Waals surface area (Å²) in [6.07, 6.45) is 0. The van der Waals surface area contributed by atoms with Crippen molar-refractivity contribution in [2.24, 2.45) is 0 Å². The van der Waals surface area contributed by atoms with Gasteiger partial charge in [0.1, 0.15) is 6.61 Å². The van der Waals surface area contributed by atoms with Crippen LogP contribution < -0.4 is 0 Å². The maximum absolute atomic E-state index is 8.67. The molecule has 18 heavy (non-hydrogen) atoms. The molecular formula is C14H19NOS2. The lowest BCUT2D eigenvalue weighted by Gasteiger charge is -2.34. The summed E-state index contributed by atoms with van der Waals surface area (Å²) in [5, 5.41) is 12.2. The van der Waals surface area contributed by atoms with Crippen LogP contribution in [0.15, 0.2) is 11.4 Å². The second-order valence-electron chi connectivity index (χ2n) is 4.71. The number of hydrogen-bond acceptors (Lipinski definition) is 4. The van der Waals surface area contributed by atoms with E-state index in [9.17, 15) is 0 Å². The van der Waals surface area contributed by atoms with Gasteiger partial charge in [0.15, 0.2) is 0 Å². The summed E-state index contributed by atoms with van der Waals surface area (Å²) < 4.78 is 0. The Bertz CT molecular complexity index is 436. The SMILES string of the molecule is CC1CN(Cc2cc(C#CCO)cs2)CC(C)S1. The Morgan fingerprint density at radius 2 is 2.11 bits per heavy atom. The summed E-state index contributed by atoms with van der Waals surface area (Å²) in [5.74, 6) is 5.65. The number of rotatable bonds is 2. The van der Waals surface area contributed by atoms with Crippen LogP contribution in [0.1, 0.15) is 24.3 Å². The average Bonchev–Trinajstić information content (AvgIpc) is 2.72. The Morgan fingerprint density at radius 3 is 2.78 bits per heavy atom.